The first-order chi connectivity index (χ1) is 9.97. The van der Waals surface area contributed by atoms with Crippen LogP contribution in [-0.2, 0) is 4.79 Å². The predicted molar refractivity (Wildman–Crippen MR) is 74.1 cm³/mol. The van der Waals surface area contributed by atoms with Crippen molar-refractivity contribution in [3.63, 3.8) is 0 Å². The highest BCUT2D eigenvalue weighted by Crippen LogP contribution is 2.27. The molecule has 1 aromatic carbocycles. The predicted octanol–water partition coefficient (Wildman–Crippen LogP) is 3.34. The first kappa shape index (κ1) is 15.8. The van der Waals surface area contributed by atoms with Gasteiger partial charge in [0.15, 0.2) is 11.6 Å². The number of carbonyl (C=O) groups excluding carboxylic acids is 1. The van der Waals surface area contributed by atoms with Gasteiger partial charge in [0.05, 0.1) is 11.7 Å². The Morgan fingerprint density at radius 2 is 1.76 bits per heavy atom. The van der Waals surface area contributed by atoms with Gasteiger partial charge >= 0.3 is 0 Å². The molecule has 1 atom stereocenters. The fourth-order valence-corrected chi connectivity index (χ4v) is 2.73. The largest absolute Gasteiger partial charge is 0.322 e. The van der Waals surface area contributed by atoms with E-state index in [0.717, 1.165) is 25.7 Å². The average molecular weight is 300 g/mol. The SMILES string of the molecule is NC(CC1CCCCC1)C(=O)Nc1cc(F)c(F)cc1F. The minimum absolute atomic E-state index is 0.391. The van der Waals surface area contributed by atoms with E-state index in [1.807, 2.05) is 0 Å². The van der Waals surface area contributed by atoms with Gasteiger partial charge in [-0.25, -0.2) is 13.2 Å². The molecule has 1 aliphatic carbocycles. The summed E-state index contributed by atoms with van der Waals surface area (Å²) in [6.45, 7) is 0. The lowest BCUT2D eigenvalue weighted by Crippen LogP contribution is -2.37. The summed E-state index contributed by atoms with van der Waals surface area (Å²) in [7, 11) is 0. The zero-order valence-electron chi connectivity index (χ0n) is 11.7. The van der Waals surface area contributed by atoms with E-state index in [1.165, 1.54) is 6.42 Å². The highest BCUT2D eigenvalue weighted by Gasteiger charge is 2.22. The average Bonchev–Trinajstić information content (AvgIpc) is 2.45. The Balaban J connectivity index is 1.95. The van der Waals surface area contributed by atoms with E-state index in [-0.39, 0.29) is 0 Å². The van der Waals surface area contributed by atoms with Crippen LogP contribution in [0.2, 0.25) is 0 Å². The molecule has 1 aromatic rings. The Kier molecular flexibility index (Phi) is 5.22. The summed E-state index contributed by atoms with van der Waals surface area (Å²) in [6, 6.07) is 0.244. The minimum atomic E-state index is -1.29. The number of hydrogen-bond acceptors (Lipinski definition) is 2. The van der Waals surface area contributed by atoms with Crippen molar-refractivity contribution < 1.29 is 18.0 Å². The van der Waals surface area contributed by atoms with E-state index in [4.69, 9.17) is 5.73 Å². The van der Waals surface area contributed by atoms with Gasteiger partial charge in [-0.1, -0.05) is 32.1 Å². The number of benzene rings is 1. The lowest BCUT2D eigenvalue weighted by atomic mass is 9.85. The lowest BCUT2D eigenvalue weighted by molar-refractivity contribution is -0.117. The van der Waals surface area contributed by atoms with Crippen LogP contribution in [0.25, 0.3) is 0 Å². The Hall–Kier alpha value is -1.56. The Bertz CT molecular complexity index is 516. The maximum Gasteiger partial charge on any atom is 0.241 e. The highest BCUT2D eigenvalue weighted by atomic mass is 19.2. The number of nitrogens with two attached hydrogens (primary N) is 1. The molecule has 0 spiro atoms. The van der Waals surface area contributed by atoms with E-state index in [1.54, 1.807) is 0 Å². The van der Waals surface area contributed by atoms with E-state index in [2.05, 4.69) is 5.32 Å². The lowest BCUT2D eigenvalue weighted by Gasteiger charge is -2.24. The molecule has 0 saturated heterocycles. The summed E-state index contributed by atoms with van der Waals surface area (Å²) in [4.78, 5) is 11.9. The number of hydrogen-bond donors (Lipinski definition) is 2. The zero-order chi connectivity index (χ0) is 15.4. The minimum Gasteiger partial charge on any atom is -0.322 e. The van der Waals surface area contributed by atoms with Gasteiger partial charge in [-0.05, 0) is 12.3 Å². The summed E-state index contributed by atoms with van der Waals surface area (Å²) in [5.74, 6) is -3.71. The number of carbonyl (C=O) groups is 1. The van der Waals surface area contributed by atoms with Crippen LogP contribution in [0.4, 0.5) is 18.9 Å². The van der Waals surface area contributed by atoms with Crippen molar-refractivity contribution in [1.82, 2.24) is 0 Å². The summed E-state index contributed by atoms with van der Waals surface area (Å²) < 4.78 is 39.3. The van der Waals surface area contributed by atoms with E-state index < -0.39 is 35.1 Å². The van der Waals surface area contributed by atoms with Crippen LogP contribution in [0.1, 0.15) is 38.5 Å². The van der Waals surface area contributed by atoms with Crippen LogP contribution in [0.15, 0.2) is 12.1 Å². The Morgan fingerprint density at radius 3 is 2.43 bits per heavy atom. The smallest absolute Gasteiger partial charge is 0.241 e. The van der Waals surface area contributed by atoms with Crippen LogP contribution in [0, 0.1) is 23.4 Å². The molecule has 0 aromatic heterocycles. The second-order valence-electron chi connectivity index (χ2n) is 5.58. The molecule has 3 N–H and O–H groups in total. The van der Waals surface area contributed by atoms with Crippen molar-refractivity contribution in [2.75, 3.05) is 5.32 Å². The van der Waals surface area contributed by atoms with Gasteiger partial charge in [-0.2, -0.15) is 0 Å². The van der Waals surface area contributed by atoms with Crippen LogP contribution < -0.4 is 11.1 Å². The van der Waals surface area contributed by atoms with Gasteiger partial charge in [-0.15, -0.1) is 0 Å². The quantitative estimate of drug-likeness (QED) is 0.838. The third kappa shape index (κ3) is 4.20. The van der Waals surface area contributed by atoms with Gasteiger partial charge in [0.1, 0.15) is 5.82 Å². The molecular weight excluding hydrogens is 281 g/mol. The number of anilines is 1. The van der Waals surface area contributed by atoms with Crippen molar-refractivity contribution in [2.24, 2.45) is 11.7 Å². The van der Waals surface area contributed by atoms with E-state index in [9.17, 15) is 18.0 Å². The van der Waals surface area contributed by atoms with E-state index in [0.29, 0.717) is 24.5 Å². The van der Waals surface area contributed by atoms with Gasteiger partial charge in [0.25, 0.3) is 0 Å². The molecule has 0 radical (unpaired) electrons. The van der Waals surface area contributed by atoms with Gasteiger partial charge in [0.2, 0.25) is 5.91 Å². The first-order valence-electron chi connectivity index (χ1n) is 7.18. The molecule has 1 saturated carbocycles. The van der Waals surface area contributed by atoms with Crippen molar-refractivity contribution in [3.05, 3.63) is 29.6 Å². The molecule has 2 rings (SSSR count). The molecule has 0 aliphatic heterocycles. The van der Waals surface area contributed by atoms with E-state index >= 15 is 0 Å². The van der Waals surface area contributed by atoms with Crippen molar-refractivity contribution in [3.8, 4) is 0 Å². The summed E-state index contributed by atoms with van der Waals surface area (Å²) in [5.41, 5.74) is 5.42. The third-order valence-corrected chi connectivity index (χ3v) is 3.92. The molecule has 1 aliphatic rings. The monoisotopic (exact) mass is 300 g/mol. The summed E-state index contributed by atoms with van der Waals surface area (Å²) >= 11 is 0. The van der Waals surface area contributed by atoms with Crippen LogP contribution >= 0.6 is 0 Å². The van der Waals surface area contributed by atoms with Crippen molar-refractivity contribution in [2.45, 2.75) is 44.6 Å². The fraction of sp³-hybridized carbons (Fsp3) is 0.533. The van der Waals surface area contributed by atoms with Gasteiger partial charge in [0, 0.05) is 12.1 Å². The molecule has 0 heterocycles. The summed E-state index contributed by atoms with van der Waals surface area (Å²) in [6.07, 6.45) is 6.09. The third-order valence-electron chi connectivity index (χ3n) is 3.92. The van der Waals surface area contributed by atoms with Gasteiger partial charge < -0.3 is 11.1 Å². The summed E-state index contributed by atoms with van der Waals surface area (Å²) in [5, 5.41) is 2.22. The maximum atomic E-state index is 13.5. The standard InChI is InChI=1S/C15H19F3N2O/c16-10-7-12(18)14(8-11(10)17)20-15(21)13(19)6-9-4-2-1-3-5-9/h7-9,13H,1-6,19H2,(H,20,21). The second-order valence-corrected chi connectivity index (χ2v) is 5.58. The molecule has 3 nitrogen and oxygen atoms in total. The van der Waals surface area contributed by atoms with Crippen LogP contribution in [0.5, 0.6) is 0 Å². The topological polar surface area (TPSA) is 55.1 Å². The molecule has 1 amide bonds. The highest BCUT2D eigenvalue weighted by molar-refractivity contribution is 5.94. The number of rotatable bonds is 4. The number of nitrogens with one attached hydrogen (secondary N) is 1. The second kappa shape index (κ2) is 6.93. The molecular formula is C15H19F3N2O. The molecule has 0 bridgehead atoms. The zero-order valence-corrected chi connectivity index (χ0v) is 11.7. The molecule has 116 valence electrons. The Morgan fingerprint density at radius 1 is 1.14 bits per heavy atom. The molecule has 6 heteroatoms. The van der Waals surface area contributed by atoms with Crippen LogP contribution in [-0.4, -0.2) is 11.9 Å². The number of halogens is 3. The Labute approximate surface area is 121 Å². The first-order valence-corrected chi connectivity index (χ1v) is 7.18. The molecule has 21 heavy (non-hydrogen) atoms. The maximum absolute atomic E-state index is 13.5. The molecule has 1 fully saturated rings. The van der Waals surface area contributed by atoms with Crippen molar-refractivity contribution >= 4 is 11.6 Å². The number of amides is 1. The fourth-order valence-electron chi connectivity index (χ4n) is 2.73. The normalized spacial score (nSPS) is 17.5. The van der Waals surface area contributed by atoms with Crippen LogP contribution in [0.3, 0.4) is 0 Å². The van der Waals surface area contributed by atoms with Crippen molar-refractivity contribution in [1.29, 1.82) is 0 Å². The van der Waals surface area contributed by atoms with Gasteiger partial charge in [-0.3, -0.25) is 4.79 Å². The molecule has 1 unspecified atom stereocenters.